The molecule has 1 aliphatic rings. The highest BCUT2D eigenvalue weighted by Crippen LogP contribution is 2.45. The van der Waals surface area contributed by atoms with E-state index in [4.69, 9.17) is 5.73 Å². The average molecular weight is 251 g/mol. The number of benzene rings is 2. The van der Waals surface area contributed by atoms with E-state index < -0.39 is 0 Å². The summed E-state index contributed by atoms with van der Waals surface area (Å²) in [6.45, 7) is 7.35. The number of fused-ring (bicyclic) bond motifs is 3. The van der Waals surface area contributed by atoms with E-state index in [1.165, 1.54) is 28.7 Å². The highest BCUT2D eigenvalue weighted by Gasteiger charge is 2.25. The minimum Gasteiger partial charge on any atom is -0.403 e. The number of hydrogen-bond donors (Lipinski definition) is 1. The van der Waals surface area contributed by atoms with Crippen LogP contribution < -0.4 is 5.73 Å². The van der Waals surface area contributed by atoms with Crippen LogP contribution in [0.1, 0.15) is 37.3 Å². The van der Waals surface area contributed by atoms with Crippen LogP contribution in [0.2, 0.25) is 0 Å². The number of rotatable bonds is 1. The Hall–Kier alpha value is -2.02. The van der Waals surface area contributed by atoms with Crippen molar-refractivity contribution in [3.05, 3.63) is 71.9 Å². The Balaban J connectivity index is 0.000000297. The molecular weight excluding hydrogens is 230 g/mol. The van der Waals surface area contributed by atoms with Crippen LogP contribution >= 0.6 is 0 Å². The SMILES string of the molecule is C=C(C)N.CCC1c2ccccc2-c2ccccc21. The van der Waals surface area contributed by atoms with Gasteiger partial charge in [-0.1, -0.05) is 62.0 Å². The Kier molecular flexibility index (Phi) is 4.06. The summed E-state index contributed by atoms with van der Waals surface area (Å²) in [4.78, 5) is 0. The number of allylic oxidation sites excluding steroid dienone is 1. The molecule has 2 aromatic rings. The molecule has 0 heterocycles. The lowest BCUT2D eigenvalue weighted by Gasteiger charge is -2.09. The number of nitrogens with two attached hydrogens (primary N) is 1. The minimum absolute atomic E-state index is 0.609. The summed E-state index contributed by atoms with van der Waals surface area (Å²) in [6.07, 6.45) is 1.19. The summed E-state index contributed by atoms with van der Waals surface area (Å²) >= 11 is 0. The summed E-state index contributed by atoms with van der Waals surface area (Å²) in [6, 6.07) is 17.6. The topological polar surface area (TPSA) is 26.0 Å². The smallest absolute Gasteiger partial charge is 0.00990 e. The molecule has 0 saturated heterocycles. The zero-order chi connectivity index (χ0) is 13.8. The fourth-order valence-electron chi connectivity index (χ4n) is 2.70. The lowest BCUT2D eigenvalue weighted by molar-refractivity contribution is 0.797. The highest BCUT2D eigenvalue weighted by atomic mass is 14.5. The molecule has 2 aromatic carbocycles. The molecule has 0 unspecified atom stereocenters. The van der Waals surface area contributed by atoms with Crippen molar-refractivity contribution in [2.45, 2.75) is 26.2 Å². The molecule has 0 radical (unpaired) electrons. The Morgan fingerprint density at radius 3 is 1.74 bits per heavy atom. The molecular formula is C18H21N. The molecule has 0 aromatic heterocycles. The third-order valence-corrected chi connectivity index (χ3v) is 3.37. The molecule has 0 amide bonds. The van der Waals surface area contributed by atoms with Gasteiger partial charge in [0.2, 0.25) is 0 Å². The monoisotopic (exact) mass is 251 g/mol. The number of hydrogen-bond acceptors (Lipinski definition) is 1. The Bertz CT molecular complexity index is 534. The van der Waals surface area contributed by atoms with E-state index in [-0.39, 0.29) is 0 Å². The predicted molar refractivity (Wildman–Crippen MR) is 83.0 cm³/mol. The molecule has 0 bridgehead atoms. The Morgan fingerprint density at radius 1 is 1.00 bits per heavy atom. The quantitative estimate of drug-likeness (QED) is 0.782. The molecule has 0 atom stereocenters. The molecule has 2 N–H and O–H groups in total. The third kappa shape index (κ3) is 2.70. The van der Waals surface area contributed by atoms with Gasteiger partial charge in [0.25, 0.3) is 0 Å². The zero-order valence-electron chi connectivity index (χ0n) is 11.7. The van der Waals surface area contributed by atoms with Crippen molar-refractivity contribution in [1.82, 2.24) is 0 Å². The fourth-order valence-corrected chi connectivity index (χ4v) is 2.70. The van der Waals surface area contributed by atoms with Crippen molar-refractivity contribution < 1.29 is 0 Å². The summed E-state index contributed by atoms with van der Waals surface area (Å²) in [7, 11) is 0. The third-order valence-electron chi connectivity index (χ3n) is 3.37. The second-order valence-corrected chi connectivity index (χ2v) is 4.98. The first-order chi connectivity index (χ1) is 9.15. The average Bonchev–Trinajstić information content (AvgIpc) is 2.72. The summed E-state index contributed by atoms with van der Waals surface area (Å²) in [5.74, 6) is 0.609. The summed E-state index contributed by atoms with van der Waals surface area (Å²) in [5.41, 5.74) is 11.4. The van der Waals surface area contributed by atoms with Crippen molar-refractivity contribution in [2.75, 3.05) is 0 Å². The van der Waals surface area contributed by atoms with Crippen LogP contribution in [-0.2, 0) is 0 Å². The maximum Gasteiger partial charge on any atom is 0.00990 e. The van der Waals surface area contributed by atoms with Gasteiger partial charge < -0.3 is 5.73 Å². The Morgan fingerprint density at radius 2 is 1.37 bits per heavy atom. The standard InChI is InChI=1S/C15H14.C3H7N/c1-2-11-12-7-3-5-9-14(12)15-10-6-4-8-13(11)15;1-3(2)4/h3-11H,2H2,1H3;1,4H2,2H3. The minimum atomic E-state index is 0.609. The van der Waals surface area contributed by atoms with Crippen LogP contribution in [0.15, 0.2) is 60.8 Å². The van der Waals surface area contributed by atoms with Crippen molar-refractivity contribution in [1.29, 1.82) is 0 Å². The van der Waals surface area contributed by atoms with Gasteiger partial charge in [0.1, 0.15) is 0 Å². The van der Waals surface area contributed by atoms with Crippen molar-refractivity contribution in [3.63, 3.8) is 0 Å². The van der Waals surface area contributed by atoms with Gasteiger partial charge in [0.15, 0.2) is 0 Å². The van der Waals surface area contributed by atoms with E-state index in [1.807, 2.05) is 0 Å². The van der Waals surface area contributed by atoms with Gasteiger partial charge in [-0.25, -0.2) is 0 Å². The van der Waals surface area contributed by atoms with E-state index in [1.54, 1.807) is 6.92 Å². The molecule has 0 aliphatic heterocycles. The predicted octanol–water partition coefficient (Wildman–Crippen LogP) is 4.69. The lowest BCUT2D eigenvalue weighted by atomic mass is 9.95. The van der Waals surface area contributed by atoms with E-state index in [2.05, 4.69) is 62.0 Å². The van der Waals surface area contributed by atoms with Crippen LogP contribution in [0.4, 0.5) is 0 Å². The first-order valence-corrected chi connectivity index (χ1v) is 6.74. The van der Waals surface area contributed by atoms with Crippen molar-refractivity contribution in [2.24, 2.45) is 5.73 Å². The summed E-state index contributed by atoms with van der Waals surface area (Å²) < 4.78 is 0. The van der Waals surface area contributed by atoms with Crippen LogP contribution in [0.3, 0.4) is 0 Å². The molecule has 1 aliphatic carbocycles. The summed E-state index contributed by atoms with van der Waals surface area (Å²) in [5, 5.41) is 0. The molecule has 3 rings (SSSR count). The van der Waals surface area contributed by atoms with Gasteiger partial charge in [-0.2, -0.15) is 0 Å². The van der Waals surface area contributed by atoms with Crippen molar-refractivity contribution in [3.8, 4) is 11.1 Å². The molecule has 1 nitrogen and oxygen atoms in total. The largest absolute Gasteiger partial charge is 0.403 e. The van der Waals surface area contributed by atoms with E-state index in [9.17, 15) is 0 Å². The first kappa shape index (κ1) is 13.4. The second-order valence-electron chi connectivity index (χ2n) is 4.98. The van der Waals surface area contributed by atoms with Gasteiger partial charge >= 0.3 is 0 Å². The Labute approximate surface area is 115 Å². The molecule has 98 valence electrons. The lowest BCUT2D eigenvalue weighted by Crippen LogP contribution is -1.93. The zero-order valence-corrected chi connectivity index (χ0v) is 11.7. The molecule has 0 fully saturated rings. The van der Waals surface area contributed by atoms with Gasteiger partial charge in [-0.15, -0.1) is 0 Å². The highest BCUT2D eigenvalue weighted by molar-refractivity contribution is 5.78. The van der Waals surface area contributed by atoms with Crippen LogP contribution in [0.25, 0.3) is 11.1 Å². The van der Waals surface area contributed by atoms with Crippen molar-refractivity contribution >= 4 is 0 Å². The molecule has 0 saturated carbocycles. The van der Waals surface area contributed by atoms with Crippen LogP contribution in [0.5, 0.6) is 0 Å². The molecule has 19 heavy (non-hydrogen) atoms. The molecule has 1 heteroatoms. The second kappa shape index (κ2) is 5.75. The van der Waals surface area contributed by atoms with Crippen LogP contribution in [0, 0.1) is 0 Å². The normalized spacial score (nSPS) is 12.1. The first-order valence-electron chi connectivity index (χ1n) is 6.74. The van der Waals surface area contributed by atoms with Gasteiger partial charge in [0.05, 0.1) is 0 Å². The maximum atomic E-state index is 4.92. The maximum absolute atomic E-state index is 4.92. The van der Waals surface area contributed by atoms with Gasteiger partial charge in [0, 0.05) is 5.92 Å². The van der Waals surface area contributed by atoms with E-state index >= 15 is 0 Å². The molecule has 0 spiro atoms. The van der Waals surface area contributed by atoms with E-state index in [0.29, 0.717) is 11.6 Å². The van der Waals surface area contributed by atoms with Crippen LogP contribution in [-0.4, -0.2) is 0 Å². The van der Waals surface area contributed by atoms with Gasteiger partial charge in [-0.05, 0) is 41.3 Å². The fraction of sp³-hybridized carbons (Fsp3) is 0.222. The van der Waals surface area contributed by atoms with E-state index in [0.717, 1.165) is 0 Å². The van der Waals surface area contributed by atoms with Gasteiger partial charge in [-0.3, -0.25) is 0 Å².